The van der Waals surface area contributed by atoms with Crippen LogP contribution in [0.3, 0.4) is 0 Å². The lowest BCUT2D eigenvalue weighted by atomic mass is 9.79. The summed E-state index contributed by atoms with van der Waals surface area (Å²) in [5.41, 5.74) is 0.563. The number of hydrogen-bond acceptors (Lipinski definition) is 2. The molecule has 2 N–H and O–H groups in total. The Balaban J connectivity index is 1.42. The Bertz CT molecular complexity index is 539. The van der Waals surface area contributed by atoms with E-state index in [0.717, 1.165) is 23.7 Å². The van der Waals surface area contributed by atoms with E-state index in [1.807, 2.05) is 0 Å². The van der Waals surface area contributed by atoms with Gasteiger partial charge in [0.1, 0.15) is 0 Å². The molecule has 4 heteroatoms. The molecule has 5 unspecified atom stereocenters. The molecule has 114 valence electrons. The van der Waals surface area contributed by atoms with Crippen molar-refractivity contribution in [3.63, 3.8) is 0 Å². The van der Waals surface area contributed by atoms with Gasteiger partial charge in [0.15, 0.2) is 17.4 Å². The van der Waals surface area contributed by atoms with Gasteiger partial charge in [-0.05, 0) is 67.1 Å². The largest absolute Gasteiger partial charge is 0.503 e. The first-order chi connectivity index (χ1) is 10.1. The molecule has 21 heavy (non-hydrogen) atoms. The van der Waals surface area contributed by atoms with Gasteiger partial charge < -0.3 is 10.4 Å². The summed E-state index contributed by atoms with van der Waals surface area (Å²) in [4.78, 5) is 0. The van der Waals surface area contributed by atoms with Crippen molar-refractivity contribution in [2.45, 2.75) is 44.7 Å². The maximum absolute atomic E-state index is 13.3. The molecular formula is C17H21F2NO. The van der Waals surface area contributed by atoms with Crippen molar-refractivity contribution in [3.8, 4) is 5.75 Å². The van der Waals surface area contributed by atoms with Crippen molar-refractivity contribution in [3.05, 3.63) is 29.3 Å². The van der Waals surface area contributed by atoms with Crippen LogP contribution in [0.2, 0.25) is 0 Å². The van der Waals surface area contributed by atoms with Crippen molar-refractivity contribution >= 4 is 0 Å². The van der Waals surface area contributed by atoms with Gasteiger partial charge in [0, 0.05) is 12.6 Å². The molecule has 4 rings (SSSR count). The number of nitrogens with one attached hydrogen (secondary N) is 1. The minimum Gasteiger partial charge on any atom is -0.503 e. The molecule has 3 saturated carbocycles. The number of benzene rings is 1. The van der Waals surface area contributed by atoms with E-state index in [0.29, 0.717) is 18.2 Å². The highest BCUT2D eigenvalue weighted by atomic mass is 19.1. The summed E-state index contributed by atoms with van der Waals surface area (Å²) in [6.07, 6.45) is 6.71. The van der Waals surface area contributed by atoms with Gasteiger partial charge in [-0.15, -0.1) is 0 Å². The van der Waals surface area contributed by atoms with Crippen molar-refractivity contribution in [2.24, 2.45) is 23.7 Å². The van der Waals surface area contributed by atoms with Gasteiger partial charge >= 0.3 is 0 Å². The second-order valence-corrected chi connectivity index (χ2v) is 7.05. The van der Waals surface area contributed by atoms with Gasteiger partial charge in [-0.1, -0.05) is 6.42 Å². The number of rotatable bonds is 3. The molecule has 0 amide bonds. The summed E-state index contributed by atoms with van der Waals surface area (Å²) in [7, 11) is 0. The van der Waals surface area contributed by atoms with E-state index >= 15 is 0 Å². The molecular weight excluding hydrogens is 272 g/mol. The standard InChI is InChI=1S/C17H21F2NO/c18-14-4-9(5-15(19)17(14)21)8-20-16-7-10-6-13(16)12-3-1-2-11(10)12/h4-5,10-13,16,20-21H,1-3,6-8H2. The van der Waals surface area contributed by atoms with Crippen LogP contribution in [0.1, 0.15) is 37.7 Å². The Morgan fingerprint density at radius 2 is 1.76 bits per heavy atom. The normalized spacial score (nSPS) is 37.1. The van der Waals surface area contributed by atoms with Crippen molar-refractivity contribution < 1.29 is 13.9 Å². The summed E-state index contributed by atoms with van der Waals surface area (Å²) in [6, 6.07) is 2.93. The third-order valence-corrected chi connectivity index (χ3v) is 6.07. The second kappa shape index (κ2) is 4.94. The third-order valence-electron chi connectivity index (χ3n) is 6.07. The molecule has 5 atom stereocenters. The van der Waals surface area contributed by atoms with E-state index in [9.17, 15) is 8.78 Å². The maximum atomic E-state index is 13.3. The lowest BCUT2D eigenvalue weighted by Crippen LogP contribution is -2.38. The summed E-state index contributed by atoms with van der Waals surface area (Å²) < 4.78 is 26.7. The number of aromatic hydroxyl groups is 1. The average Bonchev–Trinajstić information content (AvgIpc) is 3.13. The van der Waals surface area contributed by atoms with Gasteiger partial charge in [-0.3, -0.25) is 0 Å². The lowest BCUT2D eigenvalue weighted by molar-refractivity contribution is 0.208. The van der Waals surface area contributed by atoms with E-state index in [1.165, 1.54) is 44.2 Å². The molecule has 0 spiro atoms. The Morgan fingerprint density at radius 3 is 2.52 bits per heavy atom. The zero-order valence-electron chi connectivity index (χ0n) is 12.0. The zero-order chi connectivity index (χ0) is 14.6. The minimum atomic E-state index is -0.882. The molecule has 0 radical (unpaired) electrons. The number of hydrogen-bond donors (Lipinski definition) is 2. The summed E-state index contributed by atoms with van der Waals surface area (Å²) >= 11 is 0. The van der Waals surface area contributed by atoms with Crippen LogP contribution in [0.4, 0.5) is 8.78 Å². The fraction of sp³-hybridized carbons (Fsp3) is 0.647. The van der Waals surface area contributed by atoms with Crippen molar-refractivity contribution in [1.82, 2.24) is 5.32 Å². The van der Waals surface area contributed by atoms with Crippen LogP contribution < -0.4 is 5.32 Å². The number of phenols is 1. The first-order valence-electron chi connectivity index (χ1n) is 8.03. The molecule has 0 aromatic heterocycles. The molecule has 2 bridgehead atoms. The van der Waals surface area contributed by atoms with Gasteiger partial charge in [0.25, 0.3) is 0 Å². The highest BCUT2D eigenvalue weighted by Gasteiger charge is 2.53. The van der Waals surface area contributed by atoms with E-state index in [4.69, 9.17) is 5.11 Å². The maximum Gasteiger partial charge on any atom is 0.187 e. The summed E-state index contributed by atoms with van der Waals surface area (Å²) in [5.74, 6) is 0.826. The molecule has 2 nitrogen and oxygen atoms in total. The highest BCUT2D eigenvalue weighted by Crippen LogP contribution is 2.58. The number of phenolic OH excluding ortho intramolecular Hbond substituents is 1. The SMILES string of the molecule is Oc1c(F)cc(CNC2CC3CC2C2CCCC32)cc1F. The molecule has 0 heterocycles. The predicted octanol–water partition coefficient (Wildman–Crippen LogP) is 3.58. The van der Waals surface area contributed by atoms with Crippen LogP contribution in [-0.2, 0) is 6.54 Å². The Kier molecular flexibility index (Phi) is 3.18. The van der Waals surface area contributed by atoms with Crippen LogP contribution >= 0.6 is 0 Å². The Labute approximate surface area is 123 Å². The molecule has 0 aliphatic heterocycles. The van der Waals surface area contributed by atoms with E-state index in [-0.39, 0.29) is 0 Å². The third kappa shape index (κ3) is 2.15. The van der Waals surface area contributed by atoms with Crippen LogP contribution in [-0.4, -0.2) is 11.1 Å². The quantitative estimate of drug-likeness (QED) is 0.892. The van der Waals surface area contributed by atoms with Crippen LogP contribution in [0.5, 0.6) is 5.75 Å². The van der Waals surface area contributed by atoms with Crippen molar-refractivity contribution in [2.75, 3.05) is 0 Å². The molecule has 3 fully saturated rings. The van der Waals surface area contributed by atoms with Crippen LogP contribution in [0.15, 0.2) is 12.1 Å². The zero-order valence-corrected chi connectivity index (χ0v) is 12.0. The smallest absolute Gasteiger partial charge is 0.187 e. The second-order valence-electron chi connectivity index (χ2n) is 7.05. The van der Waals surface area contributed by atoms with Crippen molar-refractivity contribution in [1.29, 1.82) is 0 Å². The van der Waals surface area contributed by atoms with Gasteiger partial charge in [0.2, 0.25) is 0 Å². The molecule has 1 aromatic carbocycles. The fourth-order valence-electron chi connectivity index (χ4n) is 5.27. The van der Waals surface area contributed by atoms with Crippen LogP contribution in [0, 0.1) is 35.3 Å². The monoisotopic (exact) mass is 293 g/mol. The minimum absolute atomic E-state index is 0.472. The molecule has 3 aliphatic carbocycles. The molecule has 3 aliphatic rings. The van der Waals surface area contributed by atoms with E-state index in [1.54, 1.807) is 0 Å². The van der Waals surface area contributed by atoms with E-state index in [2.05, 4.69) is 5.32 Å². The fourth-order valence-corrected chi connectivity index (χ4v) is 5.27. The Hall–Kier alpha value is -1.16. The number of halogens is 2. The first-order valence-corrected chi connectivity index (χ1v) is 8.03. The average molecular weight is 293 g/mol. The molecule has 1 aromatic rings. The van der Waals surface area contributed by atoms with Gasteiger partial charge in [-0.25, -0.2) is 8.78 Å². The molecule has 0 saturated heterocycles. The van der Waals surface area contributed by atoms with Gasteiger partial charge in [-0.2, -0.15) is 0 Å². The first kappa shape index (κ1) is 13.5. The summed E-state index contributed by atoms with van der Waals surface area (Å²) in [6.45, 7) is 0.472. The highest BCUT2D eigenvalue weighted by molar-refractivity contribution is 5.30. The topological polar surface area (TPSA) is 32.3 Å². The van der Waals surface area contributed by atoms with Crippen LogP contribution in [0.25, 0.3) is 0 Å². The summed E-state index contributed by atoms with van der Waals surface area (Å²) in [5, 5.41) is 12.6. The Morgan fingerprint density at radius 1 is 1.05 bits per heavy atom. The predicted molar refractivity (Wildman–Crippen MR) is 75.7 cm³/mol. The lowest BCUT2D eigenvalue weighted by Gasteiger charge is -2.32. The number of fused-ring (bicyclic) bond motifs is 5. The van der Waals surface area contributed by atoms with E-state index < -0.39 is 17.4 Å². The van der Waals surface area contributed by atoms with Gasteiger partial charge in [0.05, 0.1) is 0 Å².